The monoisotopic (exact) mass is 359 g/mol. The van der Waals surface area contributed by atoms with Crippen LogP contribution in [0.25, 0.3) is 11.1 Å². The number of morpholine rings is 1. The molecule has 0 atom stereocenters. The number of oxazole rings is 1. The van der Waals surface area contributed by atoms with Crippen molar-refractivity contribution in [3.05, 3.63) is 18.0 Å². The molecule has 4 rings (SSSR count). The summed E-state index contributed by atoms with van der Waals surface area (Å²) in [7, 11) is 1.45. The lowest BCUT2D eigenvalue weighted by Crippen LogP contribution is -2.36. The van der Waals surface area contributed by atoms with Crippen LogP contribution < -0.4 is 10.6 Å². The minimum absolute atomic E-state index is 0.00389. The number of aromatic nitrogens is 1. The SMILES string of the molecule is COC(=O)C1CCC(c2nc3cc(N4CCOCC4)c(N)cc3o2)CC1. The van der Waals surface area contributed by atoms with Crippen molar-refractivity contribution in [2.45, 2.75) is 31.6 Å². The summed E-state index contributed by atoms with van der Waals surface area (Å²) in [5.74, 6) is 0.895. The number of nitrogens with two attached hydrogens (primary N) is 1. The quantitative estimate of drug-likeness (QED) is 0.665. The van der Waals surface area contributed by atoms with Crippen LogP contribution in [0.4, 0.5) is 11.4 Å². The maximum Gasteiger partial charge on any atom is 0.308 e. The lowest BCUT2D eigenvalue weighted by atomic mass is 9.82. The summed E-state index contributed by atoms with van der Waals surface area (Å²) >= 11 is 0. The van der Waals surface area contributed by atoms with E-state index >= 15 is 0 Å². The molecule has 1 aromatic carbocycles. The molecule has 1 saturated carbocycles. The molecule has 0 spiro atoms. The molecule has 0 amide bonds. The average Bonchev–Trinajstić information content (AvgIpc) is 3.10. The van der Waals surface area contributed by atoms with E-state index in [-0.39, 0.29) is 17.8 Å². The van der Waals surface area contributed by atoms with Crippen LogP contribution in [0, 0.1) is 5.92 Å². The maximum absolute atomic E-state index is 11.7. The van der Waals surface area contributed by atoms with Crippen molar-refractivity contribution in [3.8, 4) is 0 Å². The topological polar surface area (TPSA) is 90.8 Å². The molecule has 2 fully saturated rings. The second-order valence-corrected chi connectivity index (χ2v) is 7.10. The van der Waals surface area contributed by atoms with Gasteiger partial charge in [0, 0.05) is 25.1 Å². The standard InChI is InChI=1S/C19H25N3O4/c1-24-19(23)13-4-2-12(3-5-13)18-21-15-11-16(14(20)10-17(15)26-18)22-6-8-25-9-7-22/h10-13H,2-9,20H2,1H3. The van der Waals surface area contributed by atoms with Gasteiger partial charge in [0.05, 0.1) is 37.6 Å². The second kappa shape index (κ2) is 7.15. The van der Waals surface area contributed by atoms with E-state index in [0.717, 1.165) is 61.5 Å². The first-order valence-electron chi connectivity index (χ1n) is 9.26. The first kappa shape index (κ1) is 17.1. The number of anilines is 2. The van der Waals surface area contributed by atoms with Crippen molar-refractivity contribution in [2.24, 2.45) is 5.92 Å². The minimum atomic E-state index is -0.107. The third-order valence-electron chi connectivity index (χ3n) is 5.52. The van der Waals surface area contributed by atoms with Gasteiger partial charge in [0.2, 0.25) is 0 Å². The van der Waals surface area contributed by atoms with Gasteiger partial charge >= 0.3 is 5.97 Å². The fourth-order valence-corrected chi connectivity index (χ4v) is 3.99. The molecule has 2 N–H and O–H groups in total. The van der Waals surface area contributed by atoms with Crippen molar-refractivity contribution < 1.29 is 18.7 Å². The number of esters is 1. The molecule has 1 saturated heterocycles. The van der Waals surface area contributed by atoms with Crippen LogP contribution in [0.5, 0.6) is 0 Å². The Labute approximate surface area is 152 Å². The lowest BCUT2D eigenvalue weighted by Gasteiger charge is -2.29. The van der Waals surface area contributed by atoms with Crippen LogP contribution in [-0.2, 0) is 14.3 Å². The minimum Gasteiger partial charge on any atom is -0.469 e. The maximum atomic E-state index is 11.7. The predicted octanol–water partition coefficient (Wildman–Crippen LogP) is 2.69. The van der Waals surface area contributed by atoms with E-state index in [1.165, 1.54) is 7.11 Å². The Hall–Kier alpha value is -2.28. The van der Waals surface area contributed by atoms with Crippen LogP contribution in [-0.4, -0.2) is 44.4 Å². The highest BCUT2D eigenvalue weighted by Crippen LogP contribution is 2.38. The zero-order valence-electron chi connectivity index (χ0n) is 15.1. The Balaban J connectivity index is 1.53. The van der Waals surface area contributed by atoms with Crippen molar-refractivity contribution in [2.75, 3.05) is 44.0 Å². The summed E-state index contributed by atoms with van der Waals surface area (Å²) in [6.45, 7) is 3.09. The number of carbonyl (C=O) groups is 1. The highest BCUT2D eigenvalue weighted by Gasteiger charge is 2.30. The van der Waals surface area contributed by atoms with Crippen LogP contribution in [0.2, 0.25) is 0 Å². The molecule has 0 bridgehead atoms. The van der Waals surface area contributed by atoms with Crippen molar-refractivity contribution >= 4 is 28.4 Å². The van der Waals surface area contributed by atoms with Gasteiger partial charge in [-0.3, -0.25) is 4.79 Å². The van der Waals surface area contributed by atoms with Gasteiger partial charge < -0.3 is 24.5 Å². The zero-order chi connectivity index (χ0) is 18.1. The Morgan fingerprint density at radius 3 is 2.65 bits per heavy atom. The number of nitrogens with zero attached hydrogens (tertiary/aromatic N) is 2. The van der Waals surface area contributed by atoms with Gasteiger partial charge in [-0.15, -0.1) is 0 Å². The van der Waals surface area contributed by atoms with E-state index in [1.807, 2.05) is 12.1 Å². The number of methoxy groups -OCH3 is 1. The smallest absolute Gasteiger partial charge is 0.308 e. The third-order valence-corrected chi connectivity index (χ3v) is 5.52. The van der Waals surface area contributed by atoms with Gasteiger partial charge in [0.25, 0.3) is 0 Å². The summed E-state index contributed by atoms with van der Waals surface area (Å²) in [4.78, 5) is 18.6. The first-order chi connectivity index (χ1) is 12.7. The molecule has 26 heavy (non-hydrogen) atoms. The summed E-state index contributed by atoms with van der Waals surface area (Å²) in [6.07, 6.45) is 3.41. The third kappa shape index (κ3) is 3.23. The van der Waals surface area contributed by atoms with E-state index in [9.17, 15) is 4.79 Å². The van der Waals surface area contributed by atoms with E-state index in [0.29, 0.717) is 18.9 Å². The molecule has 7 heteroatoms. The molecule has 0 radical (unpaired) electrons. The molecule has 2 aliphatic rings. The number of benzene rings is 1. The molecular formula is C19H25N3O4. The van der Waals surface area contributed by atoms with Gasteiger partial charge in [-0.1, -0.05) is 0 Å². The molecule has 1 aliphatic heterocycles. The predicted molar refractivity (Wildman–Crippen MR) is 98.2 cm³/mol. The lowest BCUT2D eigenvalue weighted by molar-refractivity contribution is -0.146. The van der Waals surface area contributed by atoms with Gasteiger partial charge in [-0.2, -0.15) is 0 Å². The highest BCUT2D eigenvalue weighted by atomic mass is 16.5. The normalized spacial score (nSPS) is 24.0. The molecule has 0 unspecified atom stereocenters. The number of rotatable bonds is 3. The zero-order valence-corrected chi connectivity index (χ0v) is 15.1. The Kier molecular flexibility index (Phi) is 4.72. The van der Waals surface area contributed by atoms with Gasteiger partial charge in [0.1, 0.15) is 5.52 Å². The fourth-order valence-electron chi connectivity index (χ4n) is 3.99. The summed E-state index contributed by atoms with van der Waals surface area (Å²) < 4.78 is 16.3. The molecule has 7 nitrogen and oxygen atoms in total. The van der Waals surface area contributed by atoms with Crippen LogP contribution in [0.1, 0.15) is 37.5 Å². The van der Waals surface area contributed by atoms with E-state index in [1.54, 1.807) is 0 Å². The Morgan fingerprint density at radius 2 is 1.96 bits per heavy atom. The van der Waals surface area contributed by atoms with E-state index < -0.39 is 0 Å². The molecule has 2 heterocycles. The average molecular weight is 359 g/mol. The largest absolute Gasteiger partial charge is 0.469 e. The summed E-state index contributed by atoms with van der Waals surface area (Å²) in [5.41, 5.74) is 9.52. The van der Waals surface area contributed by atoms with Gasteiger partial charge in [0.15, 0.2) is 11.5 Å². The van der Waals surface area contributed by atoms with E-state index in [2.05, 4.69) is 4.90 Å². The number of fused-ring (bicyclic) bond motifs is 1. The number of carbonyl (C=O) groups excluding carboxylic acids is 1. The van der Waals surface area contributed by atoms with Crippen molar-refractivity contribution in [3.63, 3.8) is 0 Å². The van der Waals surface area contributed by atoms with E-state index in [4.69, 9.17) is 24.6 Å². The van der Waals surface area contributed by atoms with Crippen LogP contribution >= 0.6 is 0 Å². The Morgan fingerprint density at radius 1 is 1.23 bits per heavy atom. The van der Waals surface area contributed by atoms with Crippen LogP contribution in [0.3, 0.4) is 0 Å². The van der Waals surface area contributed by atoms with Gasteiger partial charge in [-0.25, -0.2) is 4.98 Å². The van der Waals surface area contributed by atoms with Gasteiger partial charge in [-0.05, 0) is 31.7 Å². The molecule has 140 valence electrons. The number of hydrogen-bond donors (Lipinski definition) is 1. The highest BCUT2D eigenvalue weighted by molar-refractivity contribution is 5.86. The molecular weight excluding hydrogens is 334 g/mol. The molecule has 1 aliphatic carbocycles. The number of nitrogen functional groups attached to an aromatic ring is 1. The number of ether oxygens (including phenoxy) is 2. The van der Waals surface area contributed by atoms with Crippen LogP contribution in [0.15, 0.2) is 16.5 Å². The summed E-state index contributed by atoms with van der Waals surface area (Å²) in [6, 6.07) is 3.89. The van der Waals surface area contributed by atoms with Crippen molar-refractivity contribution in [1.82, 2.24) is 4.98 Å². The fraction of sp³-hybridized carbons (Fsp3) is 0.579. The summed E-state index contributed by atoms with van der Waals surface area (Å²) in [5, 5.41) is 0. The van der Waals surface area contributed by atoms with Crippen molar-refractivity contribution in [1.29, 1.82) is 0 Å². The molecule has 2 aromatic rings. The second-order valence-electron chi connectivity index (χ2n) is 7.10. The number of hydrogen-bond acceptors (Lipinski definition) is 7. The Bertz CT molecular complexity index is 789. The first-order valence-corrected chi connectivity index (χ1v) is 9.26. The molecule has 1 aromatic heterocycles.